The molecule has 0 unspecified atom stereocenters. The Balaban J connectivity index is 0.00000320. The fourth-order valence-electron chi connectivity index (χ4n) is 5.72. The van der Waals surface area contributed by atoms with Gasteiger partial charge in [0.2, 0.25) is 11.8 Å². The van der Waals surface area contributed by atoms with Crippen LogP contribution >= 0.6 is 12.4 Å². The molecule has 0 aromatic carbocycles. The monoisotopic (exact) mass is 532 g/mol. The van der Waals surface area contributed by atoms with Crippen LogP contribution in [0.3, 0.4) is 0 Å². The van der Waals surface area contributed by atoms with E-state index in [1.54, 1.807) is 23.6 Å². The van der Waals surface area contributed by atoms with Gasteiger partial charge in [-0.3, -0.25) is 19.0 Å². The first kappa shape index (κ1) is 27.2. The smallest absolute Gasteiger partial charge is 0.291 e. The van der Waals surface area contributed by atoms with Crippen LogP contribution < -0.4 is 16.2 Å². The van der Waals surface area contributed by atoms with Gasteiger partial charge in [0.05, 0.1) is 5.69 Å². The van der Waals surface area contributed by atoms with Crippen molar-refractivity contribution in [1.29, 1.82) is 0 Å². The van der Waals surface area contributed by atoms with Gasteiger partial charge in [0, 0.05) is 36.3 Å². The zero-order valence-electron chi connectivity index (χ0n) is 21.7. The molecule has 0 atom stereocenters. The van der Waals surface area contributed by atoms with Gasteiger partial charge in [-0.2, -0.15) is 9.61 Å². The van der Waals surface area contributed by atoms with E-state index in [0.717, 1.165) is 58.2 Å². The first-order valence-electron chi connectivity index (χ1n) is 13.1. The molecular weight excluding hydrogens is 496 g/mol. The standard InChI is InChI=1S/C26H36N6O4.ClH/c1-16(2)15-30-23-19(7-8-20(33)31-14-4-9-26(31)10-12-27-13-11-26)17(3)29-32(23)25(36)21(24(30)35)22(34)28-18-5-6-18;/h7-8,16,18,27,35H,4-6,9-15H2,1-3H3,(H,28,34);1H/b8-7+;. The zero-order valence-corrected chi connectivity index (χ0v) is 22.6. The molecule has 3 fully saturated rings. The average Bonchev–Trinajstić information content (AvgIpc) is 3.46. The van der Waals surface area contributed by atoms with Gasteiger partial charge >= 0.3 is 0 Å². The topological polar surface area (TPSA) is 121 Å². The number of hydrogen-bond acceptors (Lipinski definition) is 6. The Kier molecular flexibility index (Phi) is 7.71. The highest BCUT2D eigenvalue weighted by molar-refractivity contribution is 5.97. The lowest BCUT2D eigenvalue weighted by atomic mass is 9.85. The van der Waals surface area contributed by atoms with Crippen LogP contribution in [-0.4, -0.2) is 67.2 Å². The van der Waals surface area contributed by atoms with E-state index in [-0.39, 0.29) is 47.3 Å². The summed E-state index contributed by atoms with van der Waals surface area (Å²) in [7, 11) is 0. The molecule has 2 saturated heterocycles. The van der Waals surface area contributed by atoms with Crippen molar-refractivity contribution in [3.05, 3.63) is 33.3 Å². The number of rotatable bonds is 6. The molecule has 1 spiro atoms. The maximum absolute atomic E-state index is 13.3. The highest BCUT2D eigenvalue weighted by atomic mass is 35.5. The molecule has 2 aromatic heterocycles. The summed E-state index contributed by atoms with van der Waals surface area (Å²) in [5.41, 5.74) is 0.477. The van der Waals surface area contributed by atoms with E-state index in [4.69, 9.17) is 0 Å². The van der Waals surface area contributed by atoms with E-state index in [9.17, 15) is 19.5 Å². The van der Waals surface area contributed by atoms with Crippen molar-refractivity contribution in [2.75, 3.05) is 19.6 Å². The van der Waals surface area contributed by atoms with Gasteiger partial charge in [0.15, 0.2) is 5.56 Å². The van der Waals surface area contributed by atoms with Gasteiger partial charge in [-0.15, -0.1) is 12.4 Å². The molecule has 3 N–H and O–H groups in total. The Morgan fingerprint density at radius 3 is 2.59 bits per heavy atom. The summed E-state index contributed by atoms with van der Waals surface area (Å²) >= 11 is 0. The second-order valence-corrected chi connectivity index (χ2v) is 10.9. The van der Waals surface area contributed by atoms with Crippen molar-refractivity contribution in [3.63, 3.8) is 0 Å². The van der Waals surface area contributed by atoms with Crippen molar-refractivity contribution < 1.29 is 14.7 Å². The molecule has 0 bridgehead atoms. The van der Waals surface area contributed by atoms with E-state index in [1.807, 2.05) is 18.7 Å². The van der Waals surface area contributed by atoms with Gasteiger partial charge in [0.1, 0.15) is 5.65 Å². The molecule has 10 nitrogen and oxygen atoms in total. The number of carbonyl (C=O) groups excluding carboxylic acids is 2. The van der Waals surface area contributed by atoms with Crippen LogP contribution in [0.25, 0.3) is 11.7 Å². The number of carbonyl (C=O) groups is 2. The first-order valence-corrected chi connectivity index (χ1v) is 13.1. The Morgan fingerprint density at radius 2 is 1.95 bits per heavy atom. The number of nitrogens with zero attached hydrogens (tertiary/aromatic N) is 4. The largest absolute Gasteiger partial charge is 0.494 e. The Morgan fingerprint density at radius 1 is 1.24 bits per heavy atom. The van der Waals surface area contributed by atoms with Crippen LogP contribution in [-0.2, 0) is 11.3 Å². The first-order chi connectivity index (χ1) is 17.2. The van der Waals surface area contributed by atoms with Gasteiger partial charge in [-0.1, -0.05) is 13.8 Å². The number of halogens is 1. The summed E-state index contributed by atoms with van der Waals surface area (Å²) in [4.78, 5) is 41.5. The van der Waals surface area contributed by atoms with Gasteiger partial charge in [0.25, 0.3) is 11.5 Å². The number of likely N-dealkylation sites (tertiary alicyclic amines) is 1. The second-order valence-electron chi connectivity index (χ2n) is 10.9. The molecule has 37 heavy (non-hydrogen) atoms. The van der Waals surface area contributed by atoms with Crippen LogP contribution in [0.2, 0.25) is 0 Å². The third kappa shape index (κ3) is 5.01. The number of aromatic nitrogens is 3. The molecule has 5 rings (SSSR count). The molecule has 4 heterocycles. The van der Waals surface area contributed by atoms with Crippen LogP contribution in [0.15, 0.2) is 10.9 Å². The summed E-state index contributed by atoms with van der Waals surface area (Å²) in [6.07, 6.45) is 8.94. The van der Waals surface area contributed by atoms with E-state index >= 15 is 0 Å². The molecule has 2 aliphatic heterocycles. The molecular formula is C26H37ClN6O4. The minimum absolute atomic E-state index is 0. The van der Waals surface area contributed by atoms with Gasteiger partial charge in [-0.25, -0.2) is 0 Å². The Bertz CT molecular complexity index is 1290. The van der Waals surface area contributed by atoms with Gasteiger partial charge in [-0.05, 0) is 70.5 Å². The minimum atomic E-state index is -0.664. The predicted octanol–water partition coefficient (Wildman–Crippen LogP) is 2.24. The second kappa shape index (κ2) is 10.5. The van der Waals surface area contributed by atoms with Crippen LogP contribution in [0.5, 0.6) is 5.88 Å². The molecule has 0 radical (unpaired) electrons. The number of aryl methyl sites for hydroxylation is 1. The van der Waals surface area contributed by atoms with Crippen LogP contribution in [0.1, 0.15) is 74.0 Å². The number of aromatic hydroxyl groups is 1. The lowest BCUT2D eigenvalue weighted by Crippen LogP contribution is -2.52. The highest BCUT2D eigenvalue weighted by Gasteiger charge is 2.43. The van der Waals surface area contributed by atoms with Crippen LogP contribution in [0, 0.1) is 12.8 Å². The van der Waals surface area contributed by atoms with Crippen molar-refractivity contribution in [2.45, 2.75) is 77.4 Å². The summed E-state index contributed by atoms with van der Waals surface area (Å²) in [6, 6.07) is 0.0447. The normalized spacial score (nSPS) is 19.2. The van der Waals surface area contributed by atoms with E-state index < -0.39 is 11.5 Å². The maximum atomic E-state index is 13.3. The summed E-state index contributed by atoms with van der Waals surface area (Å²) in [5.74, 6) is -0.871. The predicted molar refractivity (Wildman–Crippen MR) is 143 cm³/mol. The summed E-state index contributed by atoms with van der Waals surface area (Å²) in [5, 5.41) is 21.7. The maximum Gasteiger partial charge on any atom is 0.291 e. The lowest BCUT2D eigenvalue weighted by molar-refractivity contribution is -0.130. The number of hydrogen-bond donors (Lipinski definition) is 3. The zero-order chi connectivity index (χ0) is 25.6. The van der Waals surface area contributed by atoms with Crippen LogP contribution in [0.4, 0.5) is 0 Å². The lowest BCUT2D eigenvalue weighted by Gasteiger charge is -2.41. The van der Waals surface area contributed by atoms with Crippen molar-refractivity contribution in [2.24, 2.45) is 5.92 Å². The molecule has 2 amide bonds. The summed E-state index contributed by atoms with van der Waals surface area (Å²) in [6.45, 7) is 8.70. The average molecular weight is 533 g/mol. The molecule has 11 heteroatoms. The fraction of sp³-hybridized carbons (Fsp3) is 0.615. The van der Waals surface area contributed by atoms with Crippen molar-refractivity contribution in [3.8, 4) is 5.88 Å². The van der Waals surface area contributed by atoms with Crippen molar-refractivity contribution in [1.82, 2.24) is 29.7 Å². The molecule has 3 aliphatic rings. The van der Waals surface area contributed by atoms with E-state index in [2.05, 4.69) is 15.7 Å². The number of piperidine rings is 1. The third-order valence-electron chi connectivity index (χ3n) is 7.70. The third-order valence-corrected chi connectivity index (χ3v) is 7.70. The quantitative estimate of drug-likeness (QED) is 0.491. The highest BCUT2D eigenvalue weighted by Crippen LogP contribution is 2.37. The van der Waals surface area contributed by atoms with Crippen molar-refractivity contribution >= 4 is 35.9 Å². The number of amides is 2. The summed E-state index contributed by atoms with van der Waals surface area (Å²) < 4.78 is 2.76. The Hall–Kier alpha value is -2.85. The van der Waals surface area contributed by atoms with E-state index in [1.165, 1.54) is 4.52 Å². The molecule has 1 aliphatic carbocycles. The SMILES string of the molecule is Cc1nn2c(=O)c(C(=O)NC3CC3)c(O)n(CC(C)C)c2c1/C=C/C(=O)N1CCCC12CCNCC2.Cl. The molecule has 1 saturated carbocycles. The Labute approximate surface area is 222 Å². The van der Waals surface area contributed by atoms with Gasteiger partial charge < -0.3 is 20.6 Å². The molecule has 2 aromatic rings. The number of fused-ring (bicyclic) bond motifs is 1. The number of nitrogens with one attached hydrogen (secondary N) is 2. The molecule has 202 valence electrons. The van der Waals surface area contributed by atoms with E-state index in [0.29, 0.717) is 23.4 Å². The minimum Gasteiger partial charge on any atom is -0.494 e. The fourth-order valence-corrected chi connectivity index (χ4v) is 5.72.